The van der Waals surface area contributed by atoms with Crippen LogP contribution in [0.3, 0.4) is 0 Å². The summed E-state index contributed by atoms with van der Waals surface area (Å²) in [5.74, 6) is -0.0989. The summed E-state index contributed by atoms with van der Waals surface area (Å²) in [4.78, 5) is 18.9. The molecule has 26 heavy (non-hydrogen) atoms. The predicted octanol–water partition coefficient (Wildman–Crippen LogP) is 2.45. The summed E-state index contributed by atoms with van der Waals surface area (Å²) in [5, 5.41) is 6.37. The van der Waals surface area contributed by atoms with Crippen molar-refractivity contribution in [2.45, 2.75) is 32.1 Å². The van der Waals surface area contributed by atoms with Gasteiger partial charge in [0.1, 0.15) is 5.69 Å². The first-order valence-electron chi connectivity index (χ1n) is 9.77. The molecule has 0 saturated carbocycles. The number of anilines is 1. The first kappa shape index (κ1) is 18.9. The van der Waals surface area contributed by atoms with Crippen LogP contribution in [0.5, 0.6) is 0 Å². The van der Waals surface area contributed by atoms with Crippen LogP contribution in [-0.2, 0) is 4.74 Å². The van der Waals surface area contributed by atoms with E-state index in [1.54, 1.807) is 6.20 Å². The number of pyridine rings is 1. The normalized spacial score (nSPS) is 18.2. The zero-order valence-corrected chi connectivity index (χ0v) is 15.5. The van der Waals surface area contributed by atoms with Crippen molar-refractivity contribution in [3.8, 4) is 0 Å². The van der Waals surface area contributed by atoms with Gasteiger partial charge < -0.3 is 15.4 Å². The minimum atomic E-state index is -0.0989. The van der Waals surface area contributed by atoms with Crippen molar-refractivity contribution in [2.24, 2.45) is 0 Å². The van der Waals surface area contributed by atoms with E-state index in [0.29, 0.717) is 12.2 Å². The molecule has 142 valence electrons. The van der Waals surface area contributed by atoms with Crippen molar-refractivity contribution < 1.29 is 9.53 Å². The molecule has 0 radical (unpaired) electrons. The number of allylic oxidation sites excluding steroid dienone is 1. The number of nitrogens with zero attached hydrogens (tertiary/aromatic N) is 2. The quantitative estimate of drug-likeness (QED) is 0.699. The maximum absolute atomic E-state index is 12.3. The van der Waals surface area contributed by atoms with Crippen molar-refractivity contribution in [1.82, 2.24) is 15.2 Å². The standard InChI is InChI=1S/C20H30N4O2/c25-20(23-8-6-17-4-2-1-3-5-17)19-16-18(7-9-22-19)21-10-11-24-12-14-26-15-13-24/h4,7,9,16H,1-3,5-6,8,10-15H2,(H,21,22)(H,23,25). The monoisotopic (exact) mass is 358 g/mol. The summed E-state index contributed by atoms with van der Waals surface area (Å²) in [5.41, 5.74) is 2.88. The number of carbonyl (C=O) groups is 1. The highest BCUT2D eigenvalue weighted by Crippen LogP contribution is 2.19. The first-order valence-corrected chi connectivity index (χ1v) is 9.77. The third kappa shape index (κ3) is 6.11. The van der Waals surface area contributed by atoms with E-state index in [4.69, 9.17) is 4.74 Å². The lowest BCUT2D eigenvalue weighted by Crippen LogP contribution is -2.39. The van der Waals surface area contributed by atoms with E-state index in [9.17, 15) is 4.79 Å². The summed E-state index contributed by atoms with van der Waals surface area (Å²) in [6.45, 7) is 6.11. The second-order valence-corrected chi connectivity index (χ2v) is 6.92. The van der Waals surface area contributed by atoms with Gasteiger partial charge in [0, 0.05) is 44.6 Å². The Labute approximate surface area is 156 Å². The van der Waals surface area contributed by atoms with Crippen molar-refractivity contribution >= 4 is 11.6 Å². The first-order chi connectivity index (χ1) is 12.8. The molecular formula is C20H30N4O2. The third-order valence-electron chi connectivity index (χ3n) is 4.97. The minimum Gasteiger partial charge on any atom is -0.384 e. The molecule has 0 spiro atoms. The van der Waals surface area contributed by atoms with E-state index in [2.05, 4.69) is 26.6 Å². The van der Waals surface area contributed by atoms with Gasteiger partial charge in [0.15, 0.2) is 0 Å². The number of aromatic nitrogens is 1. The molecule has 6 nitrogen and oxygen atoms in total. The zero-order valence-electron chi connectivity index (χ0n) is 15.5. The lowest BCUT2D eigenvalue weighted by Gasteiger charge is -2.26. The number of hydrogen-bond acceptors (Lipinski definition) is 5. The van der Waals surface area contributed by atoms with Gasteiger partial charge in [-0.1, -0.05) is 11.6 Å². The average molecular weight is 358 g/mol. The van der Waals surface area contributed by atoms with Crippen LogP contribution in [0.4, 0.5) is 5.69 Å². The zero-order chi connectivity index (χ0) is 18.0. The van der Waals surface area contributed by atoms with Crippen LogP contribution < -0.4 is 10.6 Å². The smallest absolute Gasteiger partial charge is 0.269 e. The summed E-state index contributed by atoms with van der Waals surface area (Å²) in [6, 6.07) is 3.73. The Kier molecular flexibility index (Phi) is 7.46. The molecule has 2 N–H and O–H groups in total. The highest BCUT2D eigenvalue weighted by molar-refractivity contribution is 5.93. The molecule has 3 rings (SSSR count). The van der Waals surface area contributed by atoms with Gasteiger partial charge in [-0.15, -0.1) is 0 Å². The molecule has 0 atom stereocenters. The Bertz CT molecular complexity index is 612. The number of hydrogen-bond donors (Lipinski definition) is 2. The van der Waals surface area contributed by atoms with Crippen molar-refractivity contribution in [3.63, 3.8) is 0 Å². The molecule has 2 heterocycles. The van der Waals surface area contributed by atoms with Crippen LogP contribution in [0.2, 0.25) is 0 Å². The van der Waals surface area contributed by atoms with E-state index in [0.717, 1.165) is 51.5 Å². The second-order valence-electron chi connectivity index (χ2n) is 6.92. The van der Waals surface area contributed by atoms with Crippen LogP contribution >= 0.6 is 0 Å². The molecule has 1 fully saturated rings. The van der Waals surface area contributed by atoms with Gasteiger partial charge in [-0.2, -0.15) is 0 Å². The highest BCUT2D eigenvalue weighted by atomic mass is 16.5. The van der Waals surface area contributed by atoms with Gasteiger partial charge in [-0.3, -0.25) is 14.7 Å². The van der Waals surface area contributed by atoms with Gasteiger partial charge in [-0.05, 0) is 44.2 Å². The predicted molar refractivity (Wildman–Crippen MR) is 103 cm³/mol. The van der Waals surface area contributed by atoms with Crippen LogP contribution in [0.15, 0.2) is 30.0 Å². The lowest BCUT2D eigenvalue weighted by molar-refractivity contribution is 0.0398. The van der Waals surface area contributed by atoms with E-state index >= 15 is 0 Å². The maximum atomic E-state index is 12.3. The topological polar surface area (TPSA) is 66.5 Å². The average Bonchev–Trinajstić information content (AvgIpc) is 2.70. The second kappa shape index (κ2) is 10.3. The molecule has 0 unspecified atom stereocenters. The maximum Gasteiger partial charge on any atom is 0.269 e. The molecular weight excluding hydrogens is 328 g/mol. The molecule has 1 aromatic heterocycles. The number of carbonyl (C=O) groups excluding carboxylic acids is 1. The van der Waals surface area contributed by atoms with Gasteiger partial charge in [0.25, 0.3) is 5.91 Å². The van der Waals surface area contributed by atoms with Crippen LogP contribution in [0, 0.1) is 0 Å². The molecule has 1 amide bonds. The van der Waals surface area contributed by atoms with Crippen LogP contribution in [-0.4, -0.2) is 61.7 Å². The summed E-state index contributed by atoms with van der Waals surface area (Å²) >= 11 is 0. The largest absolute Gasteiger partial charge is 0.384 e. The Morgan fingerprint density at radius 1 is 1.23 bits per heavy atom. The lowest BCUT2D eigenvalue weighted by atomic mass is 9.97. The highest BCUT2D eigenvalue weighted by Gasteiger charge is 2.11. The van der Waals surface area contributed by atoms with Crippen molar-refractivity contribution in [1.29, 1.82) is 0 Å². The summed E-state index contributed by atoms with van der Waals surface area (Å²) in [6.07, 6.45) is 9.90. The van der Waals surface area contributed by atoms with Crippen molar-refractivity contribution in [2.75, 3.05) is 51.3 Å². The van der Waals surface area contributed by atoms with Gasteiger partial charge >= 0.3 is 0 Å². The van der Waals surface area contributed by atoms with E-state index in [1.165, 1.54) is 31.3 Å². The molecule has 1 saturated heterocycles. The van der Waals surface area contributed by atoms with Gasteiger partial charge in [0.2, 0.25) is 0 Å². The number of morpholine rings is 1. The third-order valence-corrected chi connectivity index (χ3v) is 4.97. The van der Waals surface area contributed by atoms with E-state index in [1.807, 2.05) is 12.1 Å². The van der Waals surface area contributed by atoms with Crippen LogP contribution in [0.25, 0.3) is 0 Å². The molecule has 1 aromatic rings. The fourth-order valence-corrected chi connectivity index (χ4v) is 3.41. The number of nitrogens with one attached hydrogen (secondary N) is 2. The molecule has 1 aliphatic carbocycles. The molecule has 0 aromatic carbocycles. The Hall–Kier alpha value is -1.92. The number of rotatable bonds is 8. The van der Waals surface area contributed by atoms with Gasteiger partial charge in [-0.25, -0.2) is 0 Å². The fourth-order valence-electron chi connectivity index (χ4n) is 3.41. The molecule has 1 aliphatic heterocycles. The van der Waals surface area contributed by atoms with E-state index in [-0.39, 0.29) is 5.91 Å². The van der Waals surface area contributed by atoms with Gasteiger partial charge in [0.05, 0.1) is 13.2 Å². The molecule has 0 bridgehead atoms. The summed E-state index contributed by atoms with van der Waals surface area (Å²) < 4.78 is 5.36. The van der Waals surface area contributed by atoms with Crippen molar-refractivity contribution in [3.05, 3.63) is 35.7 Å². The fraction of sp³-hybridized carbons (Fsp3) is 0.600. The number of amides is 1. The minimum absolute atomic E-state index is 0.0989. The number of ether oxygens (including phenoxy) is 1. The Morgan fingerprint density at radius 3 is 2.92 bits per heavy atom. The van der Waals surface area contributed by atoms with Crippen LogP contribution in [0.1, 0.15) is 42.6 Å². The van der Waals surface area contributed by atoms with E-state index < -0.39 is 0 Å². The molecule has 2 aliphatic rings. The molecule has 6 heteroatoms. The Morgan fingerprint density at radius 2 is 2.12 bits per heavy atom. The SMILES string of the molecule is O=C(NCCC1=CCCCC1)c1cc(NCCN2CCOCC2)ccn1. The summed E-state index contributed by atoms with van der Waals surface area (Å²) in [7, 11) is 0. The Balaban J connectivity index is 1.40.